The first-order chi connectivity index (χ1) is 5.65. The predicted octanol–water partition coefficient (Wildman–Crippen LogP) is 2.17. The second kappa shape index (κ2) is 3.72. The smallest absolute Gasteiger partial charge is 0.121 e. The minimum absolute atomic E-state index is 0.535. The zero-order valence-corrected chi connectivity index (χ0v) is 8.67. The Labute approximate surface area is 80.1 Å². The molecule has 1 aromatic heterocycles. The molecule has 0 aromatic carbocycles. The number of nitrogens with zero attached hydrogens (tertiary/aromatic N) is 3. The van der Waals surface area contributed by atoms with Gasteiger partial charge in [-0.15, -0.1) is 0 Å². The summed E-state index contributed by atoms with van der Waals surface area (Å²) in [4.78, 5) is 0. The number of hydrogen-bond donors (Lipinski definition) is 0. The molecule has 1 rings (SSSR count). The molecule has 0 aliphatic heterocycles. The van der Waals surface area contributed by atoms with E-state index in [1.54, 1.807) is 10.9 Å². The third-order valence-corrected chi connectivity index (χ3v) is 2.27. The molecule has 0 fully saturated rings. The van der Waals surface area contributed by atoms with Crippen LogP contribution in [0.3, 0.4) is 0 Å². The van der Waals surface area contributed by atoms with Crippen molar-refractivity contribution in [2.45, 2.75) is 20.4 Å². The van der Waals surface area contributed by atoms with Crippen LogP contribution < -0.4 is 0 Å². The summed E-state index contributed by atoms with van der Waals surface area (Å²) in [6.07, 6.45) is 1.58. The van der Waals surface area contributed by atoms with Crippen LogP contribution in [0.15, 0.2) is 10.8 Å². The fraction of sp³-hybridized carbons (Fsp3) is 0.500. The lowest BCUT2D eigenvalue weighted by Gasteiger charge is -2.05. The summed E-state index contributed by atoms with van der Waals surface area (Å²) in [7, 11) is 0. The molecule has 0 unspecified atom stereocenters. The molecule has 0 saturated heterocycles. The molecule has 0 atom stereocenters. The standard InChI is InChI=1S/C8H10BrN3/c1-6(2)5-12-8(9)7(3-10)4-11-12/h4,6H,5H2,1-2H3. The molecule has 1 aromatic rings. The molecule has 0 aliphatic rings. The summed E-state index contributed by atoms with van der Waals surface area (Å²) in [5.74, 6) is 0.535. The second-order valence-electron chi connectivity index (χ2n) is 3.04. The monoisotopic (exact) mass is 227 g/mol. The van der Waals surface area contributed by atoms with Crippen molar-refractivity contribution < 1.29 is 0 Å². The van der Waals surface area contributed by atoms with E-state index in [4.69, 9.17) is 5.26 Å². The van der Waals surface area contributed by atoms with Gasteiger partial charge >= 0.3 is 0 Å². The van der Waals surface area contributed by atoms with E-state index in [2.05, 4.69) is 40.9 Å². The molecular weight excluding hydrogens is 218 g/mol. The minimum Gasteiger partial charge on any atom is -0.257 e. The number of rotatable bonds is 2. The maximum Gasteiger partial charge on any atom is 0.121 e. The molecule has 0 aliphatic carbocycles. The van der Waals surface area contributed by atoms with Gasteiger partial charge in [-0.2, -0.15) is 10.4 Å². The largest absolute Gasteiger partial charge is 0.257 e. The number of nitriles is 1. The van der Waals surface area contributed by atoms with Gasteiger partial charge in [-0.05, 0) is 21.8 Å². The maximum absolute atomic E-state index is 8.63. The Kier molecular flexibility index (Phi) is 2.88. The Morgan fingerprint density at radius 3 is 2.83 bits per heavy atom. The molecule has 0 amide bonds. The molecule has 3 nitrogen and oxygen atoms in total. The zero-order valence-electron chi connectivity index (χ0n) is 7.08. The van der Waals surface area contributed by atoms with Gasteiger partial charge in [-0.1, -0.05) is 13.8 Å². The Balaban J connectivity index is 2.89. The van der Waals surface area contributed by atoms with Crippen LogP contribution in [0, 0.1) is 17.2 Å². The SMILES string of the molecule is CC(C)Cn1ncc(C#N)c1Br. The van der Waals surface area contributed by atoms with Crippen LogP contribution in [0.5, 0.6) is 0 Å². The van der Waals surface area contributed by atoms with E-state index >= 15 is 0 Å². The third kappa shape index (κ3) is 1.86. The highest BCUT2D eigenvalue weighted by atomic mass is 79.9. The molecule has 64 valence electrons. The number of halogens is 1. The molecular formula is C8H10BrN3. The van der Waals surface area contributed by atoms with Crippen LogP contribution in [-0.2, 0) is 6.54 Å². The van der Waals surface area contributed by atoms with Gasteiger partial charge in [0.2, 0.25) is 0 Å². The van der Waals surface area contributed by atoms with E-state index < -0.39 is 0 Å². The van der Waals surface area contributed by atoms with Gasteiger partial charge in [0.1, 0.15) is 16.2 Å². The fourth-order valence-corrected chi connectivity index (χ4v) is 1.35. The Bertz CT molecular complexity index is 309. The van der Waals surface area contributed by atoms with E-state index in [9.17, 15) is 0 Å². The average molecular weight is 228 g/mol. The van der Waals surface area contributed by atoms with Crippen molar-refractivity contribution in [2.24, 2.45) is 5.92 Å². The van der Waals surface area contributed by atoms with Gasteiger partial charge in [-0.3, -0.25) is 4.68 Å². The molecule has 0 N–H and O–H groups in total. The number of hydrogen-bond acceptors (Lipinski definition) is 2. The molecule has 0 saturated carbocycles. The first-order valence-electron chi connectivity index (χ1n) is 3.76. The van der Waals surface area contributed by atoms with E-state index in [1.165, 1.54) is 0 Å². The van der Waals surface area contributed by atoms with Gasteiger partial charge < -0.3 is 0 Å². The molecule has 4 heteroatoms. The summed E-state index contributed by atoms with van der Waals surface area (Å²) < 4.78 is 2.57. The van der Waals surface area contributed by atoms with Crippen molar-refractivity contribution in [3.05, 3.63) is 16.4 Å². The Hall–Kier alpha value is -0.820. The molecule has 12 heavy (non-hydrogen) atoms. The summed E-state index contributed by atoms with van der Waals surface area (Å²) in [6, 6.07) is 2.06. The Morgan fingerprint density at radius 1 is 1.75 bits per heavy atom. The van der Waals surface area contributed by atoms with Gasteiger partial charge in [0, 0.05) is 6.54 Å². The maximum atomic E-state index is 8.63. The average Bonchev–Trinajstić information content (AvgIpc) is 2.32. The van der Waals surface area contributed by atoms with E-state index in [0.29, 0.717) is 11.5 Å². The van der Waals surface area contributed by atoms with Crippen LogP contribution in [0.4, 0.5) is 0 Å². The fourth-order valence-electron chi connectivity index (χ4n) is 0.919. The van der Waals surface area contributed by atoms with Gasteiger partial charge in [0.05, 0.1) is 6.20 Å². The first kappa shape index (κ1) is 9.27. The summed E-state index contributed by atoms with van der Waals surface area (Å²) in [5, 5.41) is 12.7. The summed E-state index contributed by atoms with van der Waals surface area (Å²) in [5.41, 5.74) is 0.593. The number of aromatic nitrogens is 2. The van der Waals surface area contributed by atoms with Gasteiger partial charge in [-0.25, -0.2) is 0 Å². The van der Waals surface area contributed by atoms with E-state index in [1.807, 2.05) is 0 Å². The van der Waals surface area contributed by atoms with Crippen molar-refractivity contribution in [3.63, 3.8) is 0 Å². The minimum atomic E-state index is 0.535. The Morgan fingerprint density at radius 2 is 2.42 bits per heavy atom. The highest BCUT2D eigenvalue weighted by Crippen LogP contribution is 2.16. The second-order valence-corrected chi connectivity index (χ2v) is 3.79. The van der Waals surface area contributed by atoms with Crippen molar-refractivity contribution in [2.75, 3.05) is 0 Å². The molecule has 0 radical (unpaired) electrons. The molecule has 0 bridgehead atoms. The topological polar surface area (TPSA) is 41.6 Å². The van der Waals surface area contributed by atoms with E-state index in [-0.39, 0.29) is 0 Å². The van der Waals surface area contributed by atoms with Crippen molar-refractivity contribution >= 4 is 15.9 Å². The van der Waals surface area contributed by atoms with Crippen LogP contribution in [-0.4, -0.2) is 9.78 Å². The van der Waals surface area contributed by atoms with Crippen LogP contribution in [0.1, 0.15) is 19.4 Å². The lowest BCUT2D eigenvalue weighted by Crippen LogP contribution is -2.05. The lowest BCUT2D eigenvalue weighted by molar-refractivity contribution is 0.476. The zero-order chi connectivity index (χ0) is 9.14. The van der Waals surface area contributed by atoms with Crippen LogP contribution >= 0.6 is 15.9 Å². The van der Waals surface area contributed by atoms with Gasteiger partial charge in [0.25, 0.3) is 0 Å². The highest BCUT2D eigenvalue weighted by molar-refractivity contribution is 9.10. The molecule has 1 heterocycles. The van der Waals surface area contributed by atoms with Crippen molar-refractivity contribution in [1.29, 1.82) is 5.26 Å². The quantitative estimate of drug-likeness (QED) is 0.778. The highest BCUT2D eigenvalue weighted by Gasteiger charge is 2.07. The molecule has 0 spiro atoms. The summed E-state index contributed by atoms with van der Waals surface area (Å²) in [6.45, 7) is 5.06. The third-order valence-electron chi connectivity index (χ3n) is 1.43. The first-order valence-corrected chi connectivity index (χ1v) is 4.56. The van der Waals surface area contributed by atoms with Crippen molar-refractivity contribution in [1.82, 2.24) is 9.78 Å². The van der Waals surface area contributed by atoms with E-state index in [0.717, 1.165) is 11.1 Å². The lowest BCUT2D eigenvalue weighted by atomic mass is 10.2. The predicted molar refractivity (Wildman–Crippen MR) is 49.5 cm³/mol. The van der Waals surface area contributed by atoms with Gasteiger partial charge in [0.15, 0.2) is 0 Å². The summed E-state index contributed by atoms with van der Waals surface area (Å²) >= 11 is 3.32. The van der Waals surface area contributed by atoms with Crippen LogP contribution in [0.2, 0.25) is 0 Å². The van der Waals surface area contributed by atoms with Crippen LogP contribution in [0.25, 0.3) is 0 Å². The normalized spacial score (nSPS) is 10.2. The van der Waals surface area contributed by atoms with Crippen molar-refractivity contribution in [3.8, 4) is 6.07 Å².